The highest BCUT2D eigenvalue weighted by atomic mass is 16.2. The highest BCUT2D eigenvalue weighted by Gasteiger charge is 2.42. The number of piperazine rings is 1. The molecule has 3 aliphatic rings. The number of nitrogens with zero attached hydrogens (tertiary/aromatic N) is 3. The van der Waals surface area contributed by atoms with Crippen molar-refractivity contribution in [3.05, 3.63) is 0 Å². The second-order valence-corrected chi connectivity index (χ2v) is 6.46. The van der Waals surface area contributed by atoms with Gasteiger partial charge in [-0.15, -0.1) is 0 Å². The molecular formula is C15H25N3O2. The molecule has 1 aliphatic carbocycles. The summed E-state index contributed by atoms with van der Waals surface area (Å²) in [7, 11) is 0. The van der Waals surface area contributed by atoms with Crippen molar-refractivity contribution in [1.82, 2.24) is 14.7 Å². The lowest BCUT2D eigenvalue weighted by Gasteiger charge is -2.38. The first-order valence-electron chi connectivity index (χ1n) is 7.99. The zero-order chi connectivity index (χ0) is 14.1. The van der Waals surface area contributed by atoms with E-state index >= 15 is 0 Å². The summed E-state index contributed by atoms with van der Waals surface area (Å²) in [6, 6.07) is 0.177. The Morgan fingerprint density at radius 2 is 1.30 bits per heavy atom. The van der Waals surface area contributed by atoms with E-state index in [2.05, 4.69) is 6.92 Å². The Morgan fingerprint density at radius 3 is 1.85 bits per heavy atom. The number of hydrogen-bond acceptors (Lipinski definition) is 2. The Bertz CT molecular complexity index is 385. The number of likely N-dealkylation sites (tertiary alicyclic amines) is 1. The fraction of sp³-hybridized carbons (Fsp3) is 0.867. The molecule has 0 aromatic rings. The second-order valence-electron chi connectivity index (χ2n) is 6.46. The van der Waals surface area contributed by atoms with Crippen LogP contribution in [0.5, 0.6) is 0 Å². The average molecular weight is 279 g/mol. The van der Waals surface area contributed by atoms with Gasteiger partial charge in [-0.3, -0.25) is 4.79 Å². The van der Waals surface area contributed by atoms with E-state index in [1.54, 1.807) is 0 Å². The van der Waals surface area contributed by atoms with E-state index in [-0.39, 0.29) is 11.9 Å². The third-order valence-electron chi connectivity index (χ3n) is 4.92. The normalized spacial score (nSPS) is 30.4. The van der Waals surface area contributed by atoms with E-state index in [4.69, 9.17) is 0 Å². The molecule has 0 aromatic carbocycles. The molecule has 3 amide bonds. The summed E-state index contributed by atoms with van der Waals surface area (Å²) < 4.78 is 0. The Kier molecular flexibility index (Phi) is 3.85. The van der Waals surface area contributed by atoms with Crippen molar-refractivity contribution in [3.63, 3.8) is 0 Å². The number of rotatable bonds is 1. The molecule has 2 heterocycles. The Labute approximate surface area is 120 Å². The van der Waals surface area contributed by atoms with Crippen molar-refractivity contribution >= 4 is 11.9 Å². The maximum atomic E-state index is 12.4. The zero-order valence-electron chi connectivity index (χ0n) is 12.4. The summed E-state index contributed by atoms with van der Waals surface area (Å²) in [4.78, 5) is 30.4. The molecule has 112 valence electrons. The van der Waals surface area contributed by atoms with Crippen LogP contribution in [-0.4, -0.2) is 65.9 Å². The molecule has 2 unspecified atom stereocenters. The minimum absolute atomic E-state index is 0.177. The van der Waals surface area contributed by atoms with Gasteiger partial charge in [0.1, 0.15) is 0 Å². The van der Waals surface area contributed by atoms with Crippen molar-refractivity contribution in [2.75, 3.05) is 39.3 Å². The molecule has 3 fully saturated rings. The first-order chi connectivity index (χ1) is 9.66. The van der Waals surface area contributed by atoms with Crippen LogP contribution < -0.4 is 0 Å². The highest BCUT2D eigenvalue weighted by Crippen LogP contribution is 2.39. The van der Waals surface area contributed by atoms with E-state index in [0.29, 0.717) is 38.0 Å². The number of hydrogen-bond donors (Lipinski definition) is 0. The molecule has 2 saturated heterocycles. The van der Waals surface area contributed by atoms with E-state index in [0.717, 1.165) is 32.4 Å². The van der Waals surface area contributed by atoms with Crippen LogP contribution in [0.2, 0.25) is 0 Å². The SMILES string of the molecule is CC1CC1C(=O)N1CCN(C(=O)N2CCCCC2)CC1. The molecule has 0 radical (unpaired) electrons. The van der Waals surface area contributed by atoms with Crippen molar-refractivity contribution in [3.8, 4) is 0 Å². The molecular weight excluding hydrogens is 254 g/mol. The van der Waals surface area contributed by atoms with Crippen LogP contribution in [0, 0.1) is 11.8 Å². The number of carbonyl (C=O) groups excluding carboxylic acids is 2. The van der Waals surface area contributed by atoms with E-state index < -0.39 is 0 Å². The Balaban J connectivity index is 1.48. The third kappa shape index (κ3) is 2.76. The van der Waals surface area contributed by atoms with Crippen LogP contribution in [0.1, 0.15) is 32.6 Å². The number of piperidine rings is 1. The molecule has 5 heteroatoms. The number of carbonyl (C=O) groups is 2. The predicted octanol–water partition coefficient (Wildman–Crippen LogP) is 1.39. The minimum atomic E-state index is 0.177. The summed E-state index contributed by atoms with van der Waals surface area (Å²) in [6.45, 7) is 6.75. The molecule has 1 saturated carbocycles. The molecule has 0 bridgehead atoms. The van der Waals surface area contributed by atoms with Gasteiger partial charge in [0.15, 0.2) is 0 Å². The topological polar surface area (TPSA) is 43.9 Å². The van der Waals surface area contributed by atoms with Crippen molar-refractivity contribution in [2.45, 2.75) is 32.6 Å². The monoisotopic (exact) mass is 279 g/mol. The van der Waals surface area contributed by atoms with Gasteiger partial charge < -0.3 is 14.7 Å². The fourth-order valence-corrected chi connectivity index (χ4v) is 3.30. The molecule has 2 atom stereocenters. The standard InChI is InChI=1S/C15H25N3O2/c1-12-11-13(12)14(19)16-7-9-18(10-8-16)15(20)17-5-3-2-4-6-17/h12-13H,2-11H2,1H3. The molecule has 5 nitrogen and oxygen atoms in total. The van der Waals surface area contributed by atoms with Gasteiger partial charge >= 0.3 is 6.03 Å². The molecule has 0 aromatic heterocycles. The van der Waals surface area contributed by atoms with Crippen molar-refractivity contribution in [1.29, 1.82) is 0 Å². The predicted molar refractivity (Wildman–Crippen MR) is 76.2 cm³/mol. The van der Waals surface area contributed by atoms with Crippen LogP contribution in [0.3, 0.4) is 0 Å². The van der Waals surface area contributed by atoms with Crippen LogP contribution in [0.25, 0.3) is 0 Å². The zero-order valence-corrected chi connectivity index (χ0v) is 12.4. The number of amides is 3. The summed E-state index contributed by atoms with van der Waals surface area (Å²) in [5, 5.41) is 0. The molecule has 0 N–H and O–H groups in total. The Hall–Kier alpha value is -1.26. The molecule has 0 spiro atoms. The maximum absolute atomic E-state index is 12.4. The van der Waals surface area contributed by atoms with Crippen molar-refractivity contribution in [2.24, 2.45) is 11.8 Å². The average Bonchev–Trinajstić information content (AvgIpc) is 3.24. The summed E-state index contributed by atoms with van der Waals surface area (Å²) in [5.41, 5.74) is 0. The third-order valence-corrected chi connectivity index (χ3v) is 4.92. The maximum Gasteiger partial charge on any atom is 0.320 e. The van der Waals surface area contributed by atoms with E-state index in [1.807, 2.05) is 14.7 Å². The summed E-state index contributed by atoms with van der Waals surface area (Å²) in [5.74, 6) is 1.14. The van der Waals surface area contributed by atoms with Gasteiger partial charge in [0.2, 0.25) is 5.91 Å². The lowest BCUT2D eigenvalue weighted by atomic mass is 10.1. The summed E-state index contributed by atoms with van der Waals surface area (Å²) in [6.07, 6.45) is 4.55. The largest absolute Gasteiger partial charge is 0.339 e. The van der Waals surface area contributed by atoms with Gasteiger partial charge in [-0.2, -0.15) is 0 Å². The minimum Gasteiger partial charge on any atom is -0.339 e. The quantitative estimate of drug-likeness (QED) is 0.728. The van der Waals surface area contributed by atoms with Crippen LogP contribution in [-0.2, 0) is 4.79 Å². The van der Waals surface area contributed by atoms with Crippen LogP contribution in [0.15, 0.2) is 0 Å². The van der Waals surface area contributed by atoms with E-state index in [9.17, 15) is 9.59 Å². The molecule has 3 rings (SSSR count). The van der Waals surface area contributed by atoms with Gasteiger partial charge in [-0.25, -0.2) is 4.79 Å². The highest BCUT2D eigenvalue weighted by molar-refractivity contribution is 5.82. The lowest BCUT2D eigenvalue weighted by molar-refractivity contribution is -0.134. The second kappa shape index (κ2) is 5.62. The Morgan fingerprint density at radius 1 is 0.800 bits per heavy atom. The molecule has 20 heavy (non-hydrogen) atoms. The first kappa shape index (κ1) is 13.7. The number of urea groups is 1. The lowest BCUT2D eigenvalue weighted by Crippen LogP contribution is -2.55. The van der Waals surface area contributed by atoms with Crippen LogP contribution >= 0.6 is 0 Å². The smallest absolute Gasteiger partial charge is 0.320 e. The van der Waals surface area contributed by atoms with E-state index in [1.165, 1.54) is 6.42 Å². The van der Waals surface area contributed by atoms with Gasteiger partial charge in [0.25, 0.3) is 0 Å². The van der Waals surface area contributed by atoms with Gasteiger partial charge in [0.05, 0.1) is 0 Å². The summed E-state index contributed by atoms with van der Waals surface area (Å²) >= 11 is 0. The van der Waals surface area contributed by atoms with Gasteiger partial charge in [-0.05, 0) is 31.6 Å². The van der Waals surface area contributed by atoms with Crippen molar-refractivity contribution < 1.29 is 9.59 Å². The fourth-order valence-electron chi connectivity index (χ4n) is 3.30. The van der Waals surface area contributed by atoms with Crippen LogP contribution in [0.4, 0.5) is 4.79 Å². The van der Waals surface area contributed by atoms with Gasteiger partial charge in [0, 0.05) is 45.2 Å². The first-order valence-corrected chi connectivity index (χ1v) is 7.99. The van der Waals surface area contributed by atoms with Gasteiger partial charge in [-0.1, -0.05) is 6.92 Å². The molecule has 2 aliphatic heterocycles.